The summed E-state index contributed by atoms with van der Waals surface area (Å²) in [7, 11) is 0. The maximum absolute atomic E-state index is 13.3. The molecule has 14 heteroatoms. The number of aliphatic imine (C=N–C) groups is 1. The zero-order chi connectivity index (χ0) is 29.8. The number of hydrogen-bond acceptors (Lipinski definition) is 4. The number of benzene rings is 2. The number of benzodiazepines with no additional fused rings is 1. The second-order valence-corrected chi connectivity index (χ2v) is 9.74. The molecule has 216 valence electrons. The average Bonchev–Trinajstić information content (AvgIpc) is 2.97. The monoisotopic (exact) mass is 590 g/mol. The van der Waals surface area contributed by atoms with Gasteiger partial charge in [0.05, 0.1) is 16.4 Å². The summed E-state index contributed by atoms with van der Waals surface area (Å²) >= 11 is 6.29. The van der Waals surface area contributed by atoms with Gasteiger partial charge < -0.3 is 16.4 Å². The van der Waals surface area contributed by atoms with E-state index in [4.69, 9.17) is 17.3 Å². The molecule has 0 aliphatic carbocycles. The number of alkyl halides is 6. The van der Waals surface area contributed by atoms with E-state index in [1.54, 1.807) is 43.3 Å². The fourth-order valence-electron chi connectivity index (χ4n) is 4.35. The smallest absolute Gasteiger partial charge is 0.369 e. The van der Waals surface area contributed by atoms with Crippen molar-refractivity contribution in [3.8, 4) is 0 Å². The van der Waals surface area contributed by atoms with Crippen LogP contribution in [0.3, 0.4) is 0 Å². The van der Waals surface area contributed by atoms with Crippen LogP contribution in [0.5, 0.6) is 0 Å². The summed E-state index contributed by atoms with van der Waals surface area (Å²) < 4.78 is 77.7. The fraction of sp³-hybridized carbons (Fsp3) is 0.385. The van der Waals surface area contributed by atoms with Crippen molar-refractivity contribution in [2.24, 2.45) is 22.6 Å². The molecule has 3 amide bonds. The lowest BCUT2D eigenvalue weighted by atomic mass is 9.83. The number of halogens is 7. The molecule has 0 saturated carbocycles. The Kier molecular flexibility index (Phi) is 9.49. The van der Waals surface area contributed by atoms with E-state index in [0.717, 1.165) is 5.56 Å². The van der Waals surface area contributed by atoms with E-state index in [2.05, 4.69) is 15.6 Å². The van der Waals surface area contributed by atoms with E-state index in [9.17, 15) is 40.7 Å². The molecule has 0 saturated heterocycles. The number of aryl methyl sites for hydroxylation is 1. The van der Waals surface area contributed by atoms with Gasteiger partial charge in [-0.25, -0.2) is 4.99 Å². The minimum atomic E-state index is -4.78. The van der Waals surface area contributed by atoms with Crippen LogP contribution in [0.4, 0.5) is 32.0 Å². The highest BCUT2D eigenvalue weighted by atomic mass is 35.5. The van der Waals surface area contributed by atoms with Crippen LogP contribution in [0.1, 0.15) is 42.4 Å². The third-order valence-electron chi connectivity index (χ3n) is 6.26. The first kappa shape index (κ1) is 30.9. The van der Waals surface area contributed by atoms with Crippen LogP contribution >= 0.6 is 11.6 Å². The molecule has 1 heterocycles. The lowest BCUT2D eigenvalue weighted by molar-refractivity contribution is -0.152. The number of nitrogens with zero attached hydrogens (tertiary/aromatic N) is 1. The second-order valence-electron chi connectivity index (χ2n) is 9.33. The lowest BCUT2D eigenvalue weighted by Crippen LogP contribution is -2.48. The summed E-state index contributed by atoms with van der Waals surface area (Å²) in [5, 5.41) is 4.88. The summed E-state index contributed by atoms with van der Waals surface area (Å²) in [6.45, 7) is 1.80. The highest BCUT2D eigenvalue weighted by molar-refractivity contribution is 6.36. The van der Waals surface area contributed by atoms with E-state index in [-0.39, 0.29) is 16.4 Å². The van der Waals surface area contributed by atoms with Crippen LogP contribution in [-0.4, -0.2) is 42.0 Å². The molecule has 1 aliphatic rings. The topological polar surface area (TPSA) is 114 Å². The van der Waals surface area contributed by atoms with Crippen molar-refractivity contribution >= 4 is 40.7 Å². The van der Waals surface area contributed by atoms with E-state index >= 15 is 0 Å². The first-order valence-electron chi connectivity index (χ1n) is 12.0. The maximum atomic E-state index is 13.3. The quantitative estimate of drug-likeness (QED) is 0.345. The Morgan fingerprint density at radius 1 is 1.02 bits per heavy atom. The third-order valence-corrected chi connectivity index (χ3v) is 6.57. The van der Waals surface area contributed by atoms with E-state index in [1.165, 1.54) is 6.07 Å². The van der Waals surface area contributed by atoms with E-state index in [0.29, 0.717) is 11.1 Å². The first-order chi connectivity index (χ1) is 18.6. The van der Waals surface area contributed by atoms with Crippen molar-refractivity contribution in [2.75, 3.05) is 5.32 Å². The number of nitrogens with one attached hydrogen (secondary N) is 2. The maximum Gasteiger partial charge on any atom is 0.389 e. The summed E-state index contributed by atoms with van der Waals surface area (Å²) in [6.07, 6.45) is -16.4. The minimum Gasteiger partial charge on any atom is -0.369 e. The Balaban J connectivity index is 2.02. The largest absolute Gasteiger partial charge is 0.389 e. The molecule has 2 aromatic rings. The Morgan fingerprint density at radius 3 is 2.20 bits per heavy atom. The number of nitrogens with two attached hydrogens (primary N) is 1. The summed E-state index contributed by atoms with van der Waals surface area (Å²) in [4.78, 5) is 42.7. The van der Waals surface area contributed by atoms with Crippen molar-refractivity contribution in [2.45, 2.75) is 51.1 Å². The van der Waals surface area contributed by atoms with Crippen LogP contribution in [0.25, 0.3) is 0 Å². The SMILES string of the molecule is Cc1cccc(C2=N[C@H](NC(=O)C(CCC(F)(F)F)C(CCC(F)(F)F)C(N)=O)C(=O)Nc3c(Cl)cccc32)c1. The number of hydrogen-bond donors (Lipinski definition) is 3. The fourth-order valence-corrected chi connectivity index (χ4v) is 4.58. The molecule has 0 spiro atoms. The van der Waals surface area contributed by atoms with Crippen molar-refractivity contribution in [3.05, 3.63) is 64.2 Å². The normalized spacial score (nSPS) is 17.1. The molecule has 0 radical (unpaired) electrons. The predicted octanol–water partition coefficient (Wildman–Crippen LogP) is 5.28. The highest BCUT2D eigenvalue weighted by Gasteiger charge is 2.40. The van der Waals surface area contributed by atoms with Gasteiger partial charge in [-0.05, 0) is 31.9 Å². The molecule has 0 aromatic heterocycles. The number of anilines is 1. The van der Waals surface area contributed by atoms with Crippen molar-refractivity contribution in [1.29, 1.82) is 0 Å². The Labute approximate surface area is 230 Å². The van der Waals surface area contributed by atoms with Crippen LogP contribution < -0.4 is 16.4 Å². The number of para-hydroxylation sites is 1. The van der Waals surface area contributed by atoms with Gasteiger partial charge in [-0.3, -0.25) is 14.4 Å². The number of carbonyl (C=O) groups excluding carboxylic acids is 3. The van der Waals surface area contributed by atoms with E-state index in [1.807, 2.05) is 0 Å². The number of rotatable bonds is 9. The lowest BCUT2D eigenvalue weighted by Gasteiger charge is -2.26. The second kappa shape index (κ2) is 12.3. The molecule has 0 fully saturated rings. The van der Waals surface area contributed by atoms with Crippen LogP contribution in [0.15, 0.2) is 47.5 Å². The van der Waals surface area contributed by atoms with Crippen LogP contribution in [0, 0.1) is 18.8 Å². The summed E-state index contributed by atoms with van der Waals surface area (Å²) in [6, 6.07) is 11.7. The standard InChI is InChI=1S/C26H25ClF6N4O3/c1-13-4-2-5-14(12-13)19-17-6-3-7-18(27)20(17)36-24(40)22(35-19)37-23(39)16(9-11-26(31,32)33)15(21(34)38)8-10-25(28,29)30/h2-7,12,15-16,22H,8-11H2,1H3,(H2,34,38)(H,36,40)(H,37,39)/t15?,16?,22-/m1/s1. The molecule has 0 bridgehead atoms. The zero-order valence-electron chi connectivity index (χ0n) is 21.0. The number of primary amides is 1. The third kappa shape index (κ3) is 8.20. The Bertz CT molecular complexity index is 1310. The predicted molar refractivity (Wildman–Crippen MR) is 136 cm³/mol. The van der Waals surface area contributed by atoms with E-state index < -0.39 is 73.8 Å². The Morgan fingerprint density at radius 2 is 1.62 bits per heavy atom. The summed E-state index contributed by atoms with van der Waals surface area (Å²) in [5.41, 5.74) is 7.34. The van der Waals surface area contributed by atoms with Gasteiger partial charge in [-0.1, -0.05) is 47.5 Å². The molecular formula is C26H25ClF6N4O3. The van der Waals surface area contributed by atoms with Gasteiger partial charge in [0.25, 0.3) is 5.91 Å². The average molecular weight is 591 g/mol. The van der Waals surface area contributed by atoms with Gasteiger partial charge in [0.15, 0.2) is 0 Å². The Hall–Kier alpha value is -3.61. The number of fused-ring (bicyclic) bond motifs is 1. The van der Waals surface area contributed by atoms with Crippen molar-refractivity contribution < 1.29 is 40.7 Å². The molecular weight excluding hydrogens is 566 g/mol. The highest BCUT2D eigenvalue weighted by Crippen LogP contribution is 2.34. The van der Waals surface area contributed by atoms with Crippen molar-refractivity contribution in [1.82, 2.24) is 5.32 Å². The molecule has 2 aromatic carbocycles. The molecule has 40 heavy (non-hydrogen) atoms. The summed E-state index contributed by atoms with van der Waals surface area (Å²) in [5.74, 6) is -7.36. The van der Waals surface area contributed by atoms with Gasteiger partial charge in [-0.15, -0.1) is 0 Å². The molecule has 2 unspecified atom stereocenters. The first-order valence-corrected chi connectivity index (χ1v) is 12.4. The van der Waals surface area contributed by atoms with Gasteiger partial charge in [0.2, 0.25) is 18.0 Å². The van der Waals surface area contributed by atoms with Gasteiger partial charge in [0.1, 0.15) is 0 Å². The van der Waals surface area contributed by atoms with Gasteiger partial charge in [-0.2, -0.15) is 26.3 Å². The number of carbonyl (C=O) groups is 3. The molecule has 3 atom stereocenters. The van der Waals surface area contributed by atoms with Gasteiger partial charge >= 0.3 is 12.4 Å². The van der Waals surface area contributed by atoms with Crippen LogP contribution in [0.2, 0.25) is 5.02 Å². The minimum absolute atomic E-state index is 0.141. The van der Waals surface area contributed by atoms with Crippen molar-refractivity contribution in [3.63, 3.8) is 0 Å². The molecule has 7 nitrogen and oxygen atoms in total. The molecule has 3 rings (SSSR count). The molecule has 4 N–H and O–H groups in total. The number of amides is 3. The molecule has 1 aliphatic heterocycles. The zero-order valence-corrected chi connectivity index (χ0v) is 21.8. The van der Waals surface area contributed by atoms with Crippen LogP contribution in [-0.2, 0) is 14.4 Å². The van der Waals surface area contributed by atoms with Gasteiger partial charge in [0, 0.05) is 35.8 Å².